The van der Waals surface area contributed by atoms with Crippen LogP contribution in [0.5, 0.6) is 0 Å². The maximum atomic E-state index is 13.2. The molecule has 0 saturated carbocycles. The van der Waals surface area contributed by atoms with Crippen LogP contribution in [0.1, 0.15) is 23.8 Å². The monoisotopic (exact) mass is 406 g/mol. The van der Waals surface area contributed by atoms with Gasteiger partial charge >= 0.3 is 5.97 Å². The summed E-state index contributed by atoms with van der Waals surface area (Å²) in [6.07, 6.45) is 0.0842. The highest BCUT2D eigenvalue weighted by atomic mass is 16.4. The number of carbonyl (C=O) groups is 3. The van der Waals surface area contributed by atoms with Crippen molar-refractivity contribution >= 4 is 39.9 Å². The van der Waals surface area contributed by atoms with Crippen molar-refractivity contribution in [1.82, 2.24) is 9.78 Å². The number of aromatic carboxylic acids is 1. The molecule has 1 aliphatic heterocycles. The molecule has 0 spiro atoms. The van der Waals surface area contributed by atoms with Crippen LogP contribution in [0.3, 0.4) is 0 Å². The van der Waals surface area contributed by atoms with E-state index in [2.05, 4.69) is 10.4 Å². The molecule has 1 aromatic heterocycles. The Morgan fingerprint density at radius 2 is 1.77 bits per heavy atom. The number of carbonyl (C=O) groups excluding carboxylic acids is 2. The Bertz CT molecular complexity index is 1250. The van der Waals surface area contributed by atoms with Crippen LogP contribution in [0.15, 0.2) is 53.3 Å². The molecule has 1 aliphatic rings. The number of benzene rings is 2. The van der Waals surface area contributed by atoms with E-state index in [4.69, 9.17) is 0 Å². The largest absolute Gasteiger partial charge is 0.476 e. The zero-order chi connectivity index (χ0) is 21.4. The molecule has 152 valence electrons. The van der Waals surface area contributed by atoms with Crippen LogP contribution in [-0.2, 0) is 16.1 Å². The zero-order valence-electron chi connectivity index (χ0n) is 16.0. The average Bonchev–Trinajstić information content (AvgIpc) is 2.84. The molecule has 3 aromatic rings. The van der Waals surface area contributed by atoms with Crippen molar-refractivity contribution in [2.45, 2.75) is 25.9 Å². The van der Waals surface area contributed by atoms with Gasteiger partial charge in [0.05, 0.1) is 16.8 Å². The summed E-state index contributed by atoms with van der Waals surface area (Å²) in [5, 5.41) is 16.6. The summed E-state index contributed by atoms with van der Waals surface area (Å²) < 4.78 is 0.865. The molecule has 2 amide bonds. The third-order valence-electron chi connectivity index (χ3n) is 4.98. The number of amides is 2. The van der Waals surface area contributed by atoms with Gasteiger partial charge in [0.25, 0.3) is 5.56 Å². The van der Waals surface area contributed by atoms with Crippen molar-refractivity contribution in [2.24, 2.45) is 0 Å². The van der Waals surface area contributed by atoms with Gasteiger partial charge in [-0.25, -0.2) is 9.48 Å². The van der Waals surface area contributed by atoms with Gasteiger partial charge in [-0.1, -0.05) is 30.3 Å². The molecule has 0 fully saturated rings. The van der Waals surface area contributed by atoms with Gasteiger partial charge in [-0.3, -0.25) is 14.4 Å². The third kappa shape index (κ3) is 3.30. The molecule has 30 heavy (non-hydrogen) atoms. The van der Waals surface area contributed by atoms with Crippen LogP contribution in [-0.4, -0.2) is 38.7 Å². The van der Waals surface area contributed by atoms with Gasteiger partial charge in [-0.15, -0.1) is 0 Å². The molecule has 4 rings (SSSR count). The van der Waals surface area contributed by atoms with Crippen LogP contribution in [0.2, 0.25) is 0 Å². The molecule has 0 aliphatic carbocycles. The SMILES string of the molecule is C[C@H]1CC(=O)Nc2ccccc2N1C(=O)Cn1nc(C(=O)O)c2ccccc2c1=O. The summed E-state index contributed by atoms with van der Waals surface area (Å²) in [4.78, 5) is 51.3. The van der Waals surface area contributed by atoms with E-state index in [9.17, 15) is 24.3 Å². The molecular formula is C21H18N4O5. The van der Waals surface area contributed by atoms with Crippen molar-refractivity contribution in [3.63, 3.8) is 0 Å². The molecule has 0 saturated heterocycles. The first-order chi connectivity index (χ1) is 14.4. The molecular weight excluding hydrogens is 388 g/mol. The smallest absolute Gasteiger partial charge is 0.357 e. The Kier molecular flexibility index (Phi) is 4.78. The van der Waals surface area contributed by atoms with Crippen LogP contribution in [0, 0.1) is 0 Å². The Morgan fingerprint density at radius 3 is 2.50 bits per heavy atom. The summed E-state index contributed by atoms with van der Waals surface area (Å²) >= 11 is 0. The standard InChI is InChI=1S/C21H18N4O5/c1-12-10-17(26)22-15-8-4-5-9-16(15)25(12)18(27)11-24-20(28)14-7-3-2-6-13(14)19(23-24)21(29)30/h2-9,12H,10-11H2,1H3,(H,22,26)(H,29,30)/t12-/m0/s1. The third-order valence-corrected chi connectivity index (χ3v) is 4.98. The number of carboxylic acid groups (broad SMARTS) is 1. The summed E-state index contributed by atoms with van der Waals surface area (Å²) in [7, 11) is 0. The number of hydrogen-bond acceptors (Lipinski definition) is 5. The van der Waals surface area contributed by atoms with E-state index in [0.717, 1.165) is 4.68 Å². The fourth-order valence-corrected chi connectivity index (χ4v) is 3.67. The number of aromatic nitrogens is 2. The zero-order valence-corrected chi connectivity index (χ0v) is 16.0. The van der Waals surface area contributed by atoms with Gasteiger partial charge in [0.15, 0.2) is 5.69 Å². The quantitative estimate of drug-likeness (QED) is 0.685. The maximum absolute atomic E-state index is 13.2. The second-order valence-electron chi connectivity index (χ2n) is 7.04. The Balaban J connectivity index is 1.78. The number of anilines is 2. The van der Waals surface area contributed by atoms with Gasteiger partial charge < -0.3 is 15.3 Å². The lowest BCUT2D eigenvalue weighted by atomic mass is 10.1. The molecule has 9 heteroatoms. The minimum atomic E-state index is -1.30. The van der Waals surface area contributed by atoms with E-state index in [-0.39, 0.29) is 28.8 Å². The van der Waals surface area contributed by atoms with Crippen LogP contribution in [0.4, 0.5) is 11.4 Å². The van der Waals surface area contributed by atoms with Crippen molar-refractivity contribution in [2.75, 3.05) is 10.2 Å². The van der Waals surface area contributed by atoms with E-state index in [1.165, 1.54) is 17.0 Å². The molecule has 0 bridgehead atoms. The molecule has 2 heterocycles. The van der Waals surface area contributed by atoms with Crippen LogP contribution in [0.25, 0.3) is 10.8 Å². The normalized spacial score (nSPS) is 16.0. The second-order valence-corrected chi connectivity index (χ2v) is 7.04. The van der Waals surface area contributed by atoms with Gasteiger partial charge in [-0.2, -0.15) is 5.10 Å². The number of fused-ring (bicyclic) bond motifs is 2. The summed E-state index contributed by atoms with van der Waals surface area (Å²) in [6.45, 7) is 1.27. The Labute approximate surface area is 170 Å². The average molecular weight is 406 g/mol. The first kappa shape index (κ1) is 19.3. The van der Waals surface area contributed by atoms with Crippen LogP contribution < -0.4 is 15.8 Å². The van der Waals surface area contributed by atoms with Crippen molar-refractivity contribution in [3.8, 4) is 0 Å². The summed E-state index contributed by atoms with van der Waals surface area (Å²) in [5.41, 5.74) is 0.131. The molecule has 0 unspecified atom stereocenters. The van der Waals surface area contributed by atoms with Crippen molar-refractivity contribution in [3.05, 3.63) is 64.6 Å². The van der Waals surface area contributed by atoms with E-state index in [1.807, 2.05) is 0 Å². The summed E-state index contributed by atoms with van der Waals surface area (Å²) in [5.74, 6) is -2.00. The van der Waals surface area contributed by atoms with E-state index in [0.29, 0.717) is 11.4 Å². The lowest BCUT2D eigenvalue weighted by Gasteiger charge is -2.28. The van der Waals surface area contributed by atoms with Gasteiger partial charge in [0.1, 0.15) is 6.54 Å². The predicted octanol–water partition coefficient (Wildman–Crippen LogP) is 1.86. The van der Waals surface area contributed by atoms with Crippen LogP contribution >= 0.6 is 0 Å². The number of para-hydroxylation sites is 2. The minimum absolute atomic E-state index is 0.0842. The molecule has 9 nitrogen and oxygen atoms in total. The maximum Gasteiger partial charge on any atom is 0.357 e. The molecule has 2 N–H and O–H groups in total. The number of rotatable bonds is 3. The Hall–Kier alpha value is -4.01. The molecule has 2 aromatic carbocycles. The fraction of sp³-hybridized carbons (Fsp3) is 0.190. The topological polar surface area (TPSA) is 122 Å². The fourth-order valence-electron chi connectivity index (χ4n) is 3.67. The predicted molar refractivity (Wildman–Crippen MR) is 110 cm³/mol. The van der Waals surface area contributed by atoms with Gasteiger partial charge in [0, 0.05) is 17.8 Å². The highest BCUT2D eigenvalue weighted by Gasteiger charge is 2.30. The van der Waals surface area contributed by atoms with E-state index >= 15 is 0 Å². The lowest BCUT2D eigenvalue weighted by molar-refractivity contribution is -0.120. The van der Waals surface area contributed by atoms with Crippen molar-refractivity contribution < 1.29 is 19.5 Å². The van der Waals surface area contributed by atoms with Gasteiger partial charge in [-0.05, 0) is 25.1 Å². The first-order valence-corrected chi connectivity index (χ1v) is 9.31. The highest BCUT2D eigenvalue weighted by Crippen LogP contribution is 2.31. The number of hydrogen-bond donors (Lipinski definition) is 2. The minimum Gasteiger partial charge on any atom is -0.476 e. The number of carboxylic acids is 1. The Morgan fingerprint density at radius 1 is 1.10 bits per heavy atom. The highest BCUT2D eigenvalue weighted by molar-refractivity contribution is 6.04. The molecule has 1 atom stereocenters. The molecule has 0 radical (unpaired) electrons. The van der Waals surface area contributed by atoms with E-state index < -0.39 is 30.0 Å². The number of nitrogens with zero attached hydrogens (tertiary/aromatic N) is 3. The van der Waals surface area contributed by atoms with Gasteiger partial charge in [0.2, 0.25) is 11.8 Å². The lowest BCUT2D eigenvalue weighted by Crippen LogP contribution is -2.43. The van der Waals surface area contributed by atoms with Crippen molar-refractivity contribution in [1.29, 1.82) is 0 Å². The second kappa shape index (κ2) is 7.43. The van der Waals surface area contributed by atoms with E-state index in [1.54, 1.807) is 43.3 Å². The number of nitrogens with one attached hydrogen (secondary N) is 1. The summed E-state index contributed by atoms with van der Waals surface area (Å²) in [6, 6.07) is 12.7. The first-order valence-electron chi connectivity index (χ1n) is 9.31.